The average molecular weight is 383 g/mol. The number of hydrogen-bond acceptors (Lipinski definition) is 7. The second kappa shape index (κ2) is 7.14. The van der Waals surface area contributed by atoms with Gasteiger partial charge in [0.05, 0.1) is 11.5 Å². The van der Waals surface area contributed by atoms with E-state index in [1.54, 1.807) is 13.0 Å². The second-order valence-corrected chi connectivity index (χ2v) is 8.64. The van der Waals surface area contributed by atoms with E-state index < -0.39 is 22.4 Å². The van der Waals surface area contributed by atoms with Crippen LogP contribution in [-0.2, 0) is 28.8 Å². The minimum absolute atomic E-state index is 0.0642. The van der Waals surface area contributed by atoms with Crippen LogP contribution >= 0.6 is 0 Å². The Hall–Kier alpha value is -2.29. The van der Waals surface area contributed by atoms with Crippen molar-refractivity contribution in [2.75, 3.05) is 31.3 Å². The van der Waals surface area contributed by atoms with Gasteiger partial charge in [-0.2, -0.15) is 0 Å². The van der Waals surface area contributed by atoms with Crippen molar-refractivity contribution in [2.45, 2.75) is 26.3 Å². The summed E-state index contributed by atoms with van der Waals surface area (Å²) in [6.07, 6.45) is 1.70. The van der Waals surface area contributed by atoms with Gasteiger partial charge in [0, 0.05) is 23.0 Å². The first kappa shape index (κ1) is 18.5. The summed E-state index contributed by atoms with van der Waals surface area (Å²) in [7, 11) is -3.03. The molecule has 0 radical (unpaired) electrons. The average Bonchev–Trinajstić information content (AvgIpc) is 3.11. The number of carbonyl (C=O) groups is 2. The number of ketones is 1. The minimum atomic E-state index is -3.03. The summed E-state index contributed by atoms with van der Waals surface area (Å²) in [6, 6.07) is 1.54. The highest BCUT2D eigenvalue weighted by atomic mass is 32.2. The zero-order chi connectivity index (χ0) is 18.9. The Morgan fingerprint density at radius 2 is 2.08 bits per heavy atom. The van der Waals surface area contributed by atoms with Crippen molar-refractivity contribution in [2.24, 2.45) is 0 Å². The lowest BCUT2D eigenvalue weighted by Gasteiger charge is -2.16. The number of rotatable bonds is 5. The molecule has 3 rings (SSSR count). The number of aromatic nitrogens is 1. The molecule has 142 valence electrons. The van der Waals surface area contributed by atoms with Crippen LogP contribution in [0.5, 0.6) is 0 Å². The lowest BCUT2D eigenvalue weighted by atomic mass is 10.1. The molecule has 0 aromatic carbocycles. The highest BCUT2D eigenvalue weighted by Crippen LogP contribution is 2.29. The van der Waals surface area contributed by atoms with E-state index >= 15 is 0 Å². The van der Waals surface area contributed by atoms with Gasteiger partial charge in [0.15, 0.2) is 16.4 Å². The fraction of sp³-hybridized carbons (Fsp3) is 0.529. The van der Waals surface area contributed by atoms with E-state index in [4.69, 9.17) is 14.2 Å². The van der Waals surface area contributed by atoms with Crippen molar-refractivity contribution < 1.29 is 32.2 Å². The molecule has 1 fully saturated rings. The largest absolute Gasteiger partial charge is 0.493 e. The number of carbonyl (C=O) groups excluding carboxylic acids is 2. The maximum Gasteiger partial charge on any atom is 0.377 e. The predicted molar refractivity (Wildman–Crippen MR) is 91.5 cm³/mol. The molecule has 2 aliphatic heterocycles. The second-order valence-electron chi connectivity index (χ2n) is 6.41. The van der Waals surface area contributed by atoms with Crippen molar-refractivity contribution in [3.8, 4) is 0 Å². The SMILES string of the molecule is Cc1cc(C(=O)COC(=O)C2=COCCO2)c(C)n1[C@@H]1CCS(=O)(=O)C1. The summed E-state index contributed by atoms with van der Waals surface area (Å²) in [6.45, 7) is 3.79. The number of ether oxygens (including phenoxy) is 3. The first-order valence-electron chi connectivity index (χ1n) is 8.32. The number of nitrogens with zero attached hydrogens (tertiary/aromatic N) is 1. The molecule has 0 aliphatic carbocycles. The molecule has 3 heterocycles. The maximum atomic E-state index is 12.5. The fourth-order valence-corrected chi connectivity index (χ4v) is 5.06. The summed E-state index contributed by atoms with van der Waals surface area (Å²) in [4.78, 5) is 24.3. The van der Waals surface area contributed by atoms with Crippen molar-refractivity contribution in [3.05, 3.63) is 35.0 Å². The Morgan fingerprint density at radius 1 is 1.31 bits per heavy atom. The Bertz CT molecular complexity index is 866. The summed E-state index contributed by atoms with van der Waals surface area (Å²) < 4.78 is 40.4. The summed E-state index contributed by atoms with van der Waals surface area (Å²) >= 11 is 0. The van der Waals surface area contributed by atoms with Crippen LogP contribution in [0.25, 0.3) is 0 Å². The summed E-state index contributed by atoms with van der Waals surface area (Å²) in [5.74, 6) is -0.931. The van der Waals surface area contributed by atoms with E-state index in [-0.39, 0.29) is 35.7 Å². The van der Waals surface area contributed by atoms with Gasteiger partial charge in [-0.15, -0.1) is 0 Å². The van der Waals surface area contributed by atoms with Crippen LogP contribution in [0.15, 0.2) is 18.1 Å². The van der Waals surface area contributed by atoms with Gasteiger partial charge in [-0.05, 0) is 26.3 Å². The van der Waals surface area contributed by atoms with Crippen LogP contribution in [-0.4, -0.2) is 56.1 Å². The molecule has 0 bridgehead atoms. The highest BCUT2D eigenvalue weighted by molar-refractivity contribution is 7.91. The normalized spacial score (nSPS) is 21.5. The molecule has 26 heavy (non-hydrogen) atoms. The summed E-state index contributed by atoms with van der Waals surface area (Å²) in [5, 5.41) is 0. The zero-order valence-electron chi connectivity index (χ0n) is 14.7. The third-order valence-corrected chi connectivity index (χ3v) is 6.29. The molecule has 0 amide bonds. The first-order valence-corrected chi connectivity index (χ1v) is 10.1. The van der Waals surface area contributed by atoms with E-state index in [2.05, 4.69) is 0 Å². The van der Waals surface area contributed by atoms with Crippen LogP contribution < -0.4 is 0 Å². The molecular formula is C17H21NO7S. The minimum Gasteiger partial charge on any atom is -0.493 e. The van der Waals surface area contributed by atoms with Crippen LogP contribution in [0.4, 0.5) is 0 Å². The third-order valence-electron chi connectivity index (χ3n) is 4.54. The van der Waals surface area contributed by atoms with Crippen molar-refractivity contribution in [3.63, 3.8) is 0 Å². The fourth-order valence-electron chi connectivity index (χ4n) is 3.36. The molecule has 1 aromatic heterocycles. The van der Waals surface area contributed by atoms with E-state index in [1.165, 1.54) is 6.26 Å². The van der Waals surface area contributed by atoms with Gasteiger partial charge in [-0.25, -0.2) is 13.2 Å². The molecule has 0 spiro atoms. The lowest BCUT2D eigenvalue weighted by Crippen LogP contribution is -2.21. The van der Waals surface area contributed by atoms with E-state index in [0.717, 1.165) is 5.69 Å². The monoisotopic (exact) mass is 383 g/mol. The van der Waals surface area contributed by atoms with E-state index in [9.17, 15) is 18.0 Å². The van der Waals surface area contributed by atoms with Crippen molar-refractivity contribution >= 4 is 21.6 Å². The number of sulfone groups is 1. The molecule has 0 saturated carbocycles. The molecule has 0 N–H and O–H groups in total. The zero-order valence-corrected chi connectivity index (χ0v) is 15.5. The number of aryl methyl sites for hydroxylation is 1. The van der Waals surface area contributed by atoms with Gasteiger partial charge in [0.1, 0.15) is 19.5 Å². The van der Waals surface area contributed by atoms with Gasteiger partial charge in [0.25, 0.3) is 0 Å². The van der Waals surface area contributed by atoms with Crippen molar-refractivity contribution in [1.82, 2.24) is 4.57 Å². The number of hydrogen-bond donors (Lipinski definition) is 0. The van der Waals surface area contributed by atoms with Crippen LogP contribution in [0, 0.1) is 13.8 Å². The smallest absolute Gasteiger partial charge is 0.377 e. The first-order chi connectivity index (χ1) is 12.3. The highest BCUT2D eigenvalue weighted by Gasteiger charge is 2.31. The number of Topliss-reactive ketones (excluding diaryl/α,β-unsaturated/α-hetero) is 1. The predicted octanol–water partition coefficient (Wildman–Crippen LogP) is 1.08. The molecule has 0 unspecified atom stereocenters. The maximum absolute atomic E-state index is 12.5. The Balaban J connectivity index is 1.69. The third kappa shape index (κ3) is 3.77. The van der Waals surface area contributed by atoms with Gasteiger partial charge in [-0.3, -0.25) is 4.79 Å². The van der Waals surface area contributed by atoms with Gasteiger partial charge in [0.2, 0.25) is 11.5 Å². The molecule has 1 atom stereocenters. The van der Waals surface area contributed by atoms with Gasteiger partial charge < -0.3 is 18.8 Å². The Labute approximate surface area is 151 Å². The molecule has 2 aliphatic rings. The van der Waals surface area contributed by atoms with Crippen LogP contribution in [0.1, 0.15) is 34.2 Å². The van der Waals surface area contributed by atoms with Gasteiger partial charge >= 0.3 is 5.97 Å². The molecule has 1 saturated heterocycles. The van der Waals surface area contributed by atoms with Gasteiger partial charge in [-0.1, -0.05) is 0 Å². The molecular weight excluding hydrogens is 362 g/mol. The quantitative estimate of drug-likeness (QED) is 0.554. The van der Waals surface area contributed by atoms with Crippen LogP contribution in [0.3, 0.4) is 0 Å². The van der Waals surface area contributed by atoms with E-state index in [0.29, 0.717) is 24.3 Å². The number of esters is 1. The topological polar surface area (TPSA) is 101 Å². The van der Waals surface area contributed by atoms with Crippen molar-refractivity contribution in [1.29, 1.82) is 0 Å². The molecule has 8 nitrogen and oxygen atoms in total. The molecule has 1 aromatic rings. The molecule has 9 heteroatoms. The standard InChI is InChI=1S/C17H21NO7S/c1-11-7-14(12(2)18(11)13-3-6-26(21,22)10-13)15(19)8-25-17(20)16-9-23-4-5-24-16/h7,9,13H,3-6,8,10H2,1-2H3/t13-/m1/s1. The lowest BCUT2D eigenvalue weighted by molar-refractivity contribution is -0.143. The summed E-state index contributed by atoms with van der Waals surface area (Å²) in [5.41, 5.74) is 1.92. The Kier molecular flexibility index (Phi) is 5.08. The van der Waals surface area contributed by atoms with E-state index in [1.807, 2.05) is 11.5 Å². The van der Waals surface area contributed by atoms with Crippen LogP contribution in [0.2, 0.25) is 0 Å². The Morgan fingerprint density at radius 3 is 2.69 bits per heavy atom.